The normalized spacial score (nSPS) is 25.3. The van der Waals surface area contributed by atoms with E-state index in [2.05, 4.69) is 5.32 Å². The lowest BCUT2D eigenvalue weighted by Crippen LogP contribution is -2.65. The Labute approximate surface area is 154 Å². The minimum absolute atomic E-state index is 0.00454. The van der Waals surface area contributed by atoms with Crippen LogP contribution in [-0.4, -0.2) is 53.1 Å². The number of piperidine rings is 2. The van der Waals surface area contributed by atoms with Crippen LogP contribution in [0.15, 0.2) is 36.7 Å². The smallest absolute Gasteiger partial charge is 0.246 e. The lowest BCUT2D eigenvalue weighted by atomic mass is 9.73. The first-order valence-corrected chi connectivity index (χ1v) is 9.10. The number of rotatable bonds is 6. The summed E-state index contributed by atoms with van der Waals surface area (Å²) in [6, 6.07) is 2.24. The summed E-state index contributed by atoms with van der Waals surface area (Å²) in [5.74, 6) is -0.0959. The van der Waals surface area contributed by atoms with Crippen LogP contribution in [0.25, 0.3) is 6.08 Å². The third-order valence-electron chi connectivity index (χ3n) is 5.30. The van der Waals surface area contributed by atoms with Crippen molar-refractivity contribution in [2.45, 2.75) is 37.3 Å². The first kappa shape index (κ1) is 18.5. The van der Waals surface area contributed by atoms with Crippen molar-refractivity contribution in [2.24, 2.45) is 7.05 Å². The van der Waals surface area contributed by atoms with Gasteiger partial charge in [0.05, 0.1) is 12.1 Å². The van der Waals surface area contributed by atoms with Gasteiger partial charge in [-0.3, -0.25) is 9.59 Å². The van der Waals surface area contributed by atoms with Gasteiger partial charge >= 0.3 is 0 Å². The van der Waals surface area contributed by atoms with Crippen LogP contribution in [0.1, 0.15) is 31.2 Å². The number of hydrogen-bond acceptors (Lipinski definition) is 3. The van der Waals surface area contributed by atoms with Gasteiger partial charge in [0, 0.05) is 51.3 Å². The highest BCUT2D eigenvalue weighted by atomic mass is 16.5. The van der Waals surface area contributed by atoms with Crippen LogP contribution in [0.2, 0.25) is 0 Å². The first-order valence-electron chi connectivity index (χ1n) is 9.10. The second-order valence-electron chi connectivity index (χ2n) is 7.27. The molecule has 3 fully saturated rings. The number of carbonyl (C=O) groups excluding carboxylic acids is 2. The maximum Gasteiger partial charge on any atom is 0.246 e. The number of methoxy groups -OCH3 is 1. The van der Waals surface area contributed by atoms with Gasteiger partial charge in [0.15, 0.2) is 0 Å². The molecular weight excluding hydrogens is 330 g/mol. The molecule has 2 bridgehead atoms. The largest absolute Gasteiger partial charge is 0.381 e. The molecule has 3 heterocycles. The summed E-state index contributed by atoms with van der Waals surface area (Å²) in [4.78, 5) is 26.8. The Morgan fingerprint density at radius 3 is 2.77 bits per heavy atom. The first-order chi connectivity index (χ1) is 12.5. The maximum atomic E-state index is 12.5. The van der Waals surface area contributed by atoms with Gasteiger partial charge in [0.2, 0.25) is 11.8 Å². The fourth-order valence-electron chi connectivity index (χ4n) is 3.94. The number of amides is 2. The molecule has 2 amide bonds. The van der Waals surface area contributed by atoms with Crippen LogP contribution in [0.5, 0.6) is 0 Å². The molecule has 0 atom stereocenters. The van der Waals surface area contributed by atoms with E-state index in [9.17, 15) is 9.59 Å². The summed E-state index contributed by atoms with van der Waals surface area (Å²) in [5, 5.41) is 3.17. The molecular formula is C20H27N3O3. The van der Waals surface area contributed by atoms with E-state index < -0.39 is 0 Å². The molecule has 6 nitrogen and oxygen atoms in total. The quantitative estimate of drug-likeness (QED) is 0.791. The van der Waals surface area contributed by atoms with Gasteiger partial charge in [0.25, 0.3) is 0 Å². The minimum Gasteiger partial charge on any atom is -0.381 e. The van der Waals surface area contributed by atoms with Crippen molar-refractivity contribution in [3.05, 3.63) is 42.3 Å². The lowest BCUT2D eigenvalue weighted by molar-refractivity contribution is -0.137. The highest BCUT2D eigenvalue weighted by molar-refractivity contribution is 5.92. The number of aryl methyl sites for hydroxylation is 1. The van der Waals surface area contributed by atoms with Crippen molar-refractivity contribution in [1.82, 2.24) is 14.8 Å². The van der Waals surface area contributed by atoms with E-state index in [1.165, 1.54) is 0 Å². The molecule has 1 N–H and O–H groups in total. The topological polar surface area (TPSA) is 63.6 Å². The molecule has 1 aromatic rings. The highest BCUT2D eigenvalue weighted by Gasteiger charge is 2.46. The zero-order valence-corrected chi connectivity index (χ0v) is 15.5. The van der Waals surface area contributed by atoms with Crippen molar-refractivity contribution >= 4 is 17.9 Å². The minimum atomic E-state index is -0.308. The molecule has 3 aliphatic rings. The molecule has 0 spiro atoms. The van der Waals surface area contributed by atoms with Crippen molar-refractivity contribution in [2.75, 3.05) is 20.3 Å². The highest BCUT2D eigenvalue weighted by Crippen LogP contribution is 2.38. The average Bonchev–Trinajstić information content (AvgIpc) is 3.06. The van der Waals surface area contributed by atoms with Crippen LogP contribution in [0, 0.1) is 0 Å². The van der Waals surface area contributed by atoms with Gasteiger partial charge in [-0.1, -0.05) is 6.08 Å². The Hall–Kier alpha value is -2.34. The van der Waals surface area contributed by atoms with Gasteiger partial charge in [-0.2, -0.15) is 0 Å². The molecule has 4 rings (SSSR count). The predicted molar refractivity (Wildman–Crippen MR) is 100 cm³/mol. The summed E-state index contributed by atoms with van der Waals surface area (Å²) in [7, 11) is 3.55. The average molecular weight is 357 g/mol. The van der Waals surface area contributed by atoms with Crippen LogP contribution < -0.4 is 5.32 Å². The third-order valence-corrected chi connectivity index (χ3v) is 5.30. The summed E-state index contributed by atoms with van der Waals surface area (Å²) in [5.41, 5.74) is 0.685. The Bertz CT molecular complexity index is 712. The van der Waals surface area contributed by atoms with E-state index >= 15 is 0 Å². The second kappa shape index (κ2) is 7.91. The summed E-state index contributed by atoms with van der Waals surface area (Å²) in [6.07, 6.45) is 14.3. The molecule has 1 aromatic heterocycles. The van der Waals surface area contributed by atoms with Crippen LogP contribution in [0.4, 0.5) is 0 Å². The number of nitrogens with zero attached hydrogens (tertiary/aromatic N) is 2. The third kappa shape index (κ3) is 4.25. The molecule has 0 aromatic carbocycles. The Kier molecular flexibility index (Phi) is 5.61. The van der Waals surface area contributed by atoms with Crippen molar-refractivity contribution in [3.8, 4) is 0 Å². The number of nitrogens with one attached hydrogen (secondary N) is 1. The van der Waals surface area contributed by atoms with Gasteiger partial charge in [0.1, 0.15) is 0 Å². The standard InChI is InChI=1S/C20H27N3O3/c1-22-12-9-16(14-22)5-6-18(24)21-20-10-7-17(8-11-20)23(15-20)19(25)4-3-13-26-2/h3-6,9,12,14,17H,7-8,10-11,13,15H2,1-2H3,(H,21,24)/b4-3+,6-5+. The van der Waals surface area contributed by atoms with Crippen molar-refractivity contribution in [1.29, 1.82) is 0 Å². The molecule has 2 aliphatic heterocycles. The fraction of sp³-hybridized carbons (Fsp3) is 0.500. The van der Waals surface area contributed by atoms with E-state index in [0.29, 0.717) is 13.2 Å². The predicted octanol–water partition coefficient (Wildman–Crippen LogP) is 1.88. The summed E-state index contributed by atoms with van der Waals surface area (Å²) < 4.78 is 6.90. The molecule has 1 saturated carbocycles. The van der Waals surface area contributed by atoms with Crippen molar-refractivity contribution in [3.63, 3.8) is 0 Å². The van der Waals surface area contributed by atoms with E-state index in [-0.39, 0.29) is 23.4 Å². The molecule has 6 heteroatoms. The second-order valence-corrected chi connectivity index (χ2v) is 7.27. The Balaban J connectivity index is 1.62. The van der Waals surface area contributed by atoms with Gasteiger partial charge < -0.3 is 19.5 Å². The number of hydrogen-bond donors (Lipinski definition) is 1. The van der Waals surface area contributed by atoms with Crippen LogP contribution in [0.3, 0.4) is 0 Å². The zero-order chi connectivity index (χ0) is 18.6. The number of aromatic nitrogens is 1. The van der Waals surface area contributed by atoms with E-state index in [4.69, 9.17) is 4.74 Å². The SMILES string of the molecule is COC/C=C/C(=O)N1CC2(NC(=O)/C=C/c3ccn(C)c3)CCC1CC2. The zero-order valence-electron chi connectivity index (χ0n) is 15.5. The molecule has 0 radical (unpaired) electrons. The molecule has 0 unspecified atom stereocenters. The summed E-state index contributed by atoms with van der Waals surface area (Å²) >= 11 is 0. The molecule has 140 valence electrons. The van der Waals surface area contributed by atoms with Gasteiger partial charge in [-0.05, 0) is 43.4 Å². The lowest BCUT2D eigenvalue weighted by Gasteiger charge is -2.52. The molecule has 2 saturated heterocycles. The van der Waals surface area contributed by atoms with E-state index in [1.807, 2.05) is 41.1 Å². The van der Waals surface area contributed by atoms with Gasteiger partial charge in [-0.25, -0.2) is 0 Å². The molecule has 1 aliphatic carbocycles. The van der Waals surface area contributed by atoms with Crippen molar-refractivity contribution < 1.29 is 14.3 Å². The Morgan fingerprint density at radius 1 is 1.35 bits per heavy atom. The van der Waals surface area contributed by atoms with E-state index in [0.717, 1.165) is 31.2 Å². The van der Waals surface area contributed by atoms with Gasteiger partial charge in [-0.15, -0.1) is 0 Å². The van der Waals surface area contributed by atoms with E-state index in [1.54, 1.807) is 25.3 Å². The number of fused-ring (bicyclic) bond motifs is 3. The molecule has 26 heavy (non-hydrogen) atoms. The fourth-order valence-corrected chi connectivity index (χ4v) is 3.94. The maximum absolute atomic E-state index is 12.5. The number of carbonyl (C=O) groups is 2. The van der Waals surface area contributed by atoms with Crippen LogP contribution >= 0.6 is 0 Å². The monoisotopic (exact) mass is 357 g/mol. The summed E-state index contributed by atoms with van der Waals surface area (Å²) in [6.45, 7) is 1.01. The van der Waals surface area contributed by atoms with Crippen LogP contribution in [-0.2, 0) is 21.4 Å². The number of ether oxygens (including phenoxy) is 1. The Morgan fingerprint density at radius 2 is 2.12 bits per heavy atom.